The molecule has 3 rings (SSSR count). The van der Waals surface area contributed by atoms with Crippen molar-refractivity contribution in [3.8, 4) is 0 Å². The Morgan fingerprint density at radius 2 is 2.00 bits per heavy atom. The summed E-state index contributed by atoms with van der Waals surface area (Å²) in [4.78, 5) is 16.3. The first-order valence-corrected chi connectivity index (χ1v) is 9.99. The molecule has 0 fully saturated rings. The number of hydrogen-bond donors (Lipinski definition) is 2. The lowest BCUT2D eigenvalue weighted by atomic mass is 10.1. The Labute approximate surface area is 168 Å². The maximum Gasteiger partial charge on any atom is 0.325 e. The summed E-state index contributed by atoms with van der Waals surface area (Å²) >= 11 is 20.8. The third-order valence-corrected chi connectivity index (χ3v) is 6.20. The third-order valence-electron chi connectivity index (χ3n) is 3.25. The normalized spacial score (nSPS) is 10.8. The van der Waals surface area contributed by atoms with Crippen molar-refractivity contribution in [1.29, 1.82) is 0 Å². The molecule has 1 heterocycles. The van der Waals surface area contributed by atoms with Crippen LogP contribution in [0.2, 0.25) is 15.1 Å². The largest absolute Gasteiger partial charge is 0.337 e. The van der Waals surface area contributed by atoms with Gasteiger partial charge in [-0.15, -0.1) is 11.3 Å². The fraction of sp³-hybridized carbons (Fsp3) is 0.125. The molecule has 0 aliphatic heterocycles. The van der Waals surface area contributed by atoms with Crippen molar-refractivity contribution in [1.82, 2.24) is 15.0 Å². The molecule has 130 valence electrons. The number of carbonyl (C=O) groups excluding carboxylic acids is 1. The van der Waals surface area contributed by atoms with Gasteiger partial charge in [-0.25, -0.2) is 9.78 Å². The van der Waals surface area contributed by atoms with Crippen molar-refractivity contribution in [3.05, 3.63) is 57.0 Å². The Bertz CT molecular complexity index is 884. The first-order chi connectivity index (χ1) is 12.0. The Kier molecular flexibility index (Phi) is 6.30. The second kappa shape index (κ2) is 8.47. The first kappa shape index (κ1) is 18.6. The molecule has 0 atom stereocenters. The number of carbonyl (C=O) groups is 1. The molecule has 3 aromatic rings. The number of benzene rings is 2. The maximum atomic E-state index is 11.9. The number of halogens is 3. The van der Waals surface area contributed by atoms with Crippen LogP contribution in [0.3, 0.4) is 0 Å². The molecular weight excluding hydrogens is 421 g/mol. The number of fused-ring (bicyclic) bond motifs is 1. The van der Waals surface area contributed by atoms with E-state index in [9.17, 15) is 4.79 Å². The van der Waals surface area contributed by atoms with E-state index >= 15 is 0 Å². The lowest BCUT2D eigenvalue weighted by molar-refractivity contribution is 0.246. The van der Waals surface area contributed by atoms with Gasteiger partial charge in [-0.3, -0.25) is 4.72 Å². The monoisotopic (exact) mass is 431 g/mol. The van der Waals surface area contributed by atoms with E-state index < -0.39 is 0 Å². The summed E-state index contributed by atoms with van der Waals surface area (Å²) in [5.74, 6) is 0. The fourth-order valence-electron chi connectivity index (χ4n) is 2.12. The molecule has 0 bridgehead atoms. The van der Waals surface area contributed by atoms with Gasteiger partial charge in [0.2, 0.25) is 0 Å². The minimum absolute atomic E-state index is 0.298. The summed E-state index contributed by atoms with van der Waals surface area (Å²) in [6.45, 7) is 0.405. The smallest absolute Gasteiger partial charge is 0.325 e. The zero-order chi connectivity index (χ0) is 17.8. The van der Waals surface area contributed by atoms with Crippen LogP contribution in [-0.4, -0.2) is 17.6 Å². The molecule has 0 radical (unpaired) electrons. The number of nitrogens with one attached hydrogen (secondary N) is 2. The second-order valence-corrected chi connectivity index (χ2v) is 8.32. The van der Waals surface area contributed by atoms with Crippen molar-refractivity contribution in [2.24, 2.45) is 0 Å². The van der Waals surface area contributed by atoms with Crippen LogP contribution in [0.1, 0.15) is 5.56 Å². The molecule has 0 unspecified atom stereocenters. The summed E-state index contributed by atoms with van der Waals surface area (Å²) in [5.41, 5.74) is 1.71. The van der Waals surface area contributed by atoms with Gasteiger partial charge in [-0.2, -0.15) is 0 Å². The van der Waals surface area contributed by atoms with E-state index in [1.165, 1.54) is 23.3 Å². The van der Waals surface area contributed by atoms with Crippen LogP contribution in [0.5, 0.6) is 0 Å². The van der Waals surface area contributed by atoms with Crippen molar-refractivity contribution in [3.63, 3.8) is 0 Å². The highest BCUT2D eigenvalue weighted by atomic mass is 35.5. The maximum absolute atomic E-state index is 11.9. The number of urea groups is 1. The minimum atomic E-state index is -0.298. The van der Waals surface area contributed by atoms with Gasteiger partial charge < -0.3 is 5.32 Å². The van der Waals surface area contributed by atoms with Gasteiger partial charge in [0.05, 0.1) is 20.3 Å². The Hall–Kier alpha value is -1.18. The molecule has 2 aromatic carbocycles. The minimum Gasteiger partial charge on any atom is -0.337 e. The molecule has 25 heavy (non-hydrogen) atoms. The van der Waals surface area contributed by atoms with Crippen LogP contribution < -0.4 is 10.0 Å². The lowest BCUT2D eigenvalue weighted by Gasteiger charge is -2.08. The molecule has 2 amide bonds. The molecule has 9 heteroatoms. The SMILES string of the molecule is O=C(NCCc1cc(Cl)cc(Cl)c1Cl)NSc1nc2ccccc2s1. The number of para-hydroxylation sites is 1. The lowest BCUT2D eigenvalue weighted by Crippen LogP contribution is -2.32. The van der Waals surface area contributed by atoms with Gasteiger partial charge in [0.15, 0.2) is 4.34 Å². The average molecular weight is 433 g/mol. The molecule has 0 spiro atoms. The summed E-state index contributed by atoms with van der Waals surface area (Å²) in [5, 5.41) is 4.14. The second-order valence-electron chi connectivity index (χ2n) is 5.02. The number of nitrogens with zero attached hydrogens (tertiary/aromatic N) is 1. The molecule has 0 aliphatic carbocycles. The number of aromatic nitrogens is 1. The summed E-state index contributed by atoms with van der Waals surface area (Å²) in [6.07, 6.45) is 0.526. The predicted molar refractivity (Wildman–Crippen MR) is 107 cm³/mol. The molecular formula is C16H12Cl3N3OS2. The van der Waals surface area contributed by atoms with E-state index in [0.717, 1.165) is 20.1 Å². The highest BCUT2D eigenvalue weighted by molar-refractivity contribution is 7.99. The van der Waals surface area contributed by atoms with Crippen molar-refractivity contribution in [2.75, 3.05) is 6.54 Å². The predicted octanol–water partition coefficient (Wildman–Crippen LogP) is 5.81. The highest BCUT2D eigenvalue weighted by Crippen LogP contribution is 2.30. The standard InChI is InChI=1S/C16H12Cl3N3OS2/c17-10-7-9(14(19)11(18)8-10)5-6-20-15(23)22-25-16-21-12-3-1-2-4-13(12)24-16/h1-4,7-8H,5-6H2,(H2,20,22,23). The number of thiazole rings is 1. The van der Waals surface area contributed by atoms with Crippen LogP contribution in [0.15, 0.2) is 40.7 Å². The van der Waals surface area contributed by atoms with E-state index in [0.29, 0.717) is 28.0 Å². The number of rotatable bonds is 5. The van der Waals surface area contributed by atoms with E-state index in [1.54, 1.807) is 12.1 Å². The number of amides is 2. The van der Waals surface area contributed by atoms with Gasteiger partial charge in [0.25, 0.3) is 0 Å². The summed E-state index contributed by atoms with van der Waals surface area (Å²) in [7, 11) is 0. The van der Waals surface area contributed by atoms with Crippen LogP contribution in [-0.2, 0) is 6.42 Å². The van der Waals surface area contributed by atoms with Gasteiger partial charge >= 0.3 is 6.03 Å². The summed E-state index contributed by atoms with van der Waals surface area (Å²) < 4.78 is 4.57. The van der Waals surface area contributed by atoms with Gasteiger partial charge in [0, 0.05) is 23.5 Å². The molecule has 1 aromatic heterocycles. The van der Waals surface area contributed by atoms with Crippen LogP contribution in [0, 0.1) is 0 Å². The zero-order valence-corrected chi connectivity index (χ0v) is 16.6. The van der Waals surface area contributed by atoms with Crippen molar-refractivity contribution < 1.29 is 4.79 Å². The summed E-state index contributed by atoms with van der Waals surface area (Å²) in [6, 6.07) is 10.9. The molecule has 4 nitrogen and oxygen atoms in total. The fourth-order valence-corrected chi connectivity index (χ4v) is 4.52. The average Bonchev–Trinajstić information content (AvgIpc) is 3.00. The van der Waals surface area contributed by atoms with Gasteiger partial charge in [0.1, 0.15) is 0 Å². The Morgan fingerprint density at radius 3 is 2.80 bits per heavy atom. The quantitative estimate of drug-likeness (QED) is 0.395. The van der Waals surface area contributed by atoms with E-state index in [-0.39, 0.29) is 6.03 Å². The Balaban J connectivity index is 1.48. The highest BCUT2D eigenvalue weighted by Gasteiger charge is 2.09. The molecule has 0 aliphatic rings. The van der Waals surface area contributed by atoms with Crippen molar-refractivity contribution in [2.45, 2.75) is 10.8 Å². The molecule has 0 saturated heterocycles. The van der Waals surface area contributed by atoms with E-state index in [2.05, 4.69) is 15.0 Å². The van der Waals surface area contributed by atoms with Crippen LogP contribution in [0.25, 0.3) is 10.2 Å². The van der Waals surface area contributed by atoms with Crippen LogP contribution >= 0.6 is 58.1 Å². The van der Waals surface area contributed by atoms with Crippen molar-refractivity contribution >= 4 is 74.3 Å². The Morgan fingerprint density at radius 1 is 1.20 bits per heavy atom. The van der Waals surface area contributed by atoms with E-state index in [1.807, 2.05) is 24.3 Å². The van der Waals surface area contributed by atoms with Gasteiger partial charge in [-0.05, 0) is 36.2 Å². The topological polar surface area (TPSA) is 54.0 Å². The number of hydrogen-bond acceptors (Lipinski definition) is 4. The van der Waals surface area contributed by atoms with E-state index in [4.69, 9.17) is 34.8 Å². The molecule has 0 saturated carbocycles. The first-order valence-electron chi connectivity index (χ1n) is 7.22. The third kappa shape index (κ3) is 4.92. The van der Waals surface area contributed by atoms with Gasteiger partial charge in [-0.1, -0.05) is 46.9 Å². The molecule has 2 N–H and O–H groups in total. The van der Waals surface area contributed by atoms with Crippen LogP contribution in [0.4, 0.5) is 4.79 Å². The zero-order valence-electron chi connectivity index (χ0n) is 12.7.